The average molecular weight is 309 g/mol. The molecule has 2 rings (SSSR count). The van der Waals surface area contributed by atoms with Crippen LogP contribution in [0.4, 0.5) is 0 Å². The molecule has 0 radical (unpaired) electrons. The van der Waals surface area contributed by atoms with Crippen molar-refractivity contribution in [1.82, 2.24) is 15.1 Å². The summed E-state index contributed by atoms with van der Waals surface area (Å²) in [4.78, 5) is 0. The van der Waals surface area contributed by atoms with E-state index in [2.05, 4.69) is 23.4 Å². The molecule has 0 aliphatic heterocycles. The third kappa shape index (κ3) is 4.04. The van der Waals surface area contributed by atoms with Gasteiger partial charge in [0.25, 0.3) is 0 Å². The number of nitrogens with zero attached hydrogens (tertiary/aromatic N) is 2. The molecule has 0 saturated heterocycles. The number of aryl methyl sites for hydroxylation is 1. The first-order valence-electron chi connectivity index (χ1n) is 7.43. The largest absolute Gasteiger partial charge is 0.311 e. The maximum Gasteiger partial charge on any atom is 0.150 e. The number of nitrogens with one attached hydrogen (secondary N) is 1. The fraction of sp³-hybridized carbons (Fsp3) is 0.533. The van der Waals surface area contributed by atoms with Crippen molar-refractivity contribution in [1.29, 1.82) is 0 Å². The Labute approximate surface area is 126 Å². The molecule has 116 valence electrons. The molecule has 0 amide bonds. The Kier molecular flexibility index (Phi) is 5.36. The van der Waals surface area contributed by atoms with Gasteiger partial charge in [0.1, 0.15) is 9.84 Å². The van der Waals surface area contributed by atoms with E-state index < -0.39 is 9.84 Å². The molecule has 1 aromatic carbocycles. The maximum absolute atomic E-state index is 11.6. The average Bonchev–Trinajstić information content (AvgIpc) is 2.83. The molecule has 1 heterocycles. The quantitative estimate of drug-likeness (QED) is 0.810. The van der Waals surface area contributed by atoms with Crippen LogP contribution in [0, 0.1) is 0 Å². The van der Waals surface area contributed by atoms with E-state index in [1.807, 2.05) is 22.9 Å². The fourth-order valence-electron chi connectivity index (χ4n) is 2.32. The van der Waals surface area contributed by atoms with E-state index in [1.54, 1.807) is 6.92 Å². The minimum atomic E-state index is -2.90. The van der Waals surface area contributed by atoms with Gasteiger partial charge in [0.05, 0.1) is 17.0 Å². The number of hydrogen-bond donors (Lipinski definition) is 1. The summed E-state index contributed by atoms with van der Waals surface area (Å²) >= 11 is 0. The lowest BCUT2D eigenvalue weighted by Gasteiger charge is -2.04. The van der Waals surface area contributed by atoms with Crippen molar-refractivity contribution < 1.29 is 8.42 Å². The van der Waals surface area contributed by atoms with E-state index in [4.69, 9.17) is 0 Å². The van der Waals surface area contributed by atoms with Crippen LogP contribution >= 0.6 is 0 Å². The lowest BCUT2D eigenvalue weighted by Crippen LogP contribution is -2.14. The van der Waals surface area contributed by atoms with Crippen LogP contribution in [0.3, 0.4) is 0 Å². The second-order valence-corrected chi connectivity index (χ2v) is 7.53. The van der Waals surface area contributed by atoms with Crippen molar-refractivity contribution >= 4 is 20.7 Å². The molecule has 0 atom stereocenters. The molecule has 2 aromatic rings. The van der Waals surface area contributed by atoms with Crippen LogP contribution in [0.25, 0.3) is 10.9 Å². The van der Waals surface area contributed by atoms with E-state index in [-0.39, 0.29) is 11.5 Å². The SMILES string of the molecule is CCNCc1nn(CCCS(=O)(=O)CC)c2ccccc12. The van der Waals surface area contributed by atoms with Gasteiger partial charge in [-0.2, -0.15) is 5.10 Å². The van der Waals surface area contributed by atoms with Crippen LogP contribution in [0.1, 0.15) is 26.0 Å². The summed E-state index contributed by atoms with van der Waals surface area (Å²) in [6, 6.07) is 8.09. The number of rotatable bonds is 8. The maximum atomic E-state index is 11.6. The van der Waals surface area contributed by atoms with E-state index in [1.165, 1.54) is 0 Å². The summed E-state index contributed by atoms with van der Waals surface area (Å²) in [5.74, 6) is 0.429. The highest BCUT2D eigenvalue weighted by Crippen LogP contribution is 2.18. The zero-order valence-electron chi connectivity index (χ0n) is 12.7. The van der Waals surface area contributed by atoms with Gasteiger partial charge in [-0.1, -0.05) is 32.0 Å². The Morgan fingerprint density at radius 3 is 2.71 bits per heavy atom. The van der Waals surface area contributed by atoms with Gasteiger partial charge in [0.2, 0.25) is 0 Å². The molecule has 0 aliphatic carbocycles. The van der Waals surface area contributed by atoms with Crippen molar-refractivity contribution in [3.63, 3.8) is 0 Å². The summed E-state index contributed by atoms with van der Waals surface area (Å²) in [6.07, 6.45) is 0.600. The Morgan fingerprint density at radius 2 is 2.00 bits per heavy atom. The topological polar surface area (TPSA) is 64.0 Å². The minimum Gasteiger partial charge on any atom is -0.311 e. The zero-order chi connectivity index (χ0) is 15.3. The summed E-state index contributed by atoms with van der Waals surface area (Å²) in [7, 11) is -2.90. The lowest BCUT2D eigenvalue weighted by atomic mass is 10.2. The van der Waals surface area contributed by atoms with Gasteiger partial charge in [-0.05, 0) is 19.0 Å². The highest BCUT2D eigenvalue weighted by molar-refractivity contribution is 7.91. The number of hydrogen-bond acceptors (Lipinski definition) is 4. The van der Waals surface area contributed by atoms with E-state index >= 15 is 0 Å². The first-order chi connectivity index (χ1) is 10.1. The molecule has 0 aliphatic rings. The second-order valence-electron chi connectivity index (χ2n) is 5.06. The Bertz CT molecular complexity index is 692. The highest BCUT2D eigenvalue weighted by atomic mass is 32.2. The predicted molar refractivity (Wildman–Crippen MR) is 86.1 cm³/mol. The number of benzene rings is 1. The first kappa shape index (κ1) is 16.0. The molecule has 6 heteroatoms. The molecule has 21 heavy (non-hydrogen) atoms. The van der Waals surface area contributed by atoms with E-state index in [9.17, 15) is 8.42 Å². The Morgan fingerprint density at radius 1 is 1.24 bits per heavy atom. The van der Waals surface area contributed by atoms with Gasteiger partial charge < -0.3 is 5.32 Å². The normalized spacial score (nSPS) is 12.1. The van der Waals surface area contributed by atoms with Gasteiger partial charge in [0.15, 0.2) is 0 Å². The van der Waals surface area contributed by atoms with E-state index in [0.29, 0.717) is 13.0 Å². The van der Waals surface area contributed by atoms with Crippen molar-refractivity contribution in [2.24, 2.45) is 0 Å². The van der Waals surface area contributed by atoms with Crippen molar-refractivity contribution in [2.75, 3.05) is 18.1 Å². The van der Waals surface area contributed by atoms with Gasteiger partial charge in [0, 0.05) is 24.2 Å². The Balaban J connectivity index is 2.16. The molecule has 5 nitrogen and oxygen atoms in total. The molecule has 0 unspecified atom stereocenters. The third-order valence-electron chi connectivity index (χ3n) is 3.54. The van der Waals surface area contributed by atoms with Gasteiger partial charge in [-0.3, -0.25) is 4.68 Å². The number of aromatic nitrogens is 2. The summed E-state index contributed by atoms with van der Waals surface area (Å²) < 4.78 is 25.0. The van der Waals surface area contributed by atoms with E-state index in [0.717, 1.165) is 29.7 Å². The van der Waals surface area contributed by atoms with Gasteiger partial charge in [-0.15, -0.1) is 0 Å². The molecule has 1 aromatic heterocycles. The molecule has 0 bridgehead atoms. The molecular formula is C15H23N3O2S. The van der Waals surface area contributed by atoms with Crippen molar-refractivity contribution in [3.05, 3.63) is 30.0 Å². The Hall–Kier alpha value is -1.40. The molecule has 0 spiro atoms. The van der Waals surface area contributed by atoms with Crippen LogP contribution in [-0.2, 0) is 22.9 Å². The summed E-state index contributed by atoms with van der Waals surface area (Å²) in [5, 5.41) is 9.06. The van der Waals surface area contributed by atoms with Crippen LogP contribution in [-0.4, -0.2) is 36.2 Å². The third-order valence-corrected chi connectivity index (χ3v) is 5.33. The minimum absolute atomic E-state index is 0.207. The van der Waals surface area contributed by atoms with Gasteiger partial charge in [-0.25, -0.2) is 8.42 Å². The van der Waals surface area contributed by atoms with Crippen LogP contribution < -0.4 is 5.32 Å². The zero-order valence-corrected chi connectivity index (χ0v) is 13.5. The predicted octanol–water partition coefficient (Wildman–Crippen LogP) is 1.97. The standard InChI is InChI=1S/C15H23N3O2S/c1-3-16-12-14-13-8-5-6-9-15(13)18(17-14)10-7-11-21(19,20)4-2/h5-6,8-9,16H,3-4,7,10-12H2,1-2H3. The summed E-state index contributed by atoms with van der Waals surface area (Å²) in [6.45, 7) is 6.01. The molecule has 0 fully saturated rings. The van der Waals surface area contributed by atoms with Crippen LogP contribution in [0.5, 0.6) is 0 Å². The van der Waals surface area contributed by atoms with Crippen LogP contribution in [0.2, 0.25) is 0 Å². The smallest absolute Gasteiger partial charge is 0.150 e. The lowest BCUT2D eigenvalue weighted by molar-refractivity contribution is 0.574. The second kappa shape index (κ2) is 7.04. The van der Waals surface area contributed by atoms with Crippen molar-refractivity contribution in [3.8, 4) is 0 Å². The summed E-state index contributed by atoms with van der Waals surface area (Å²) in [5.41, 5.74) is 2.09. The highest BCUT2D eigenvalue weighted by Gasteiger charge is 2.11. The number of fused-ring (bicyclic) bond motifs is 1. The van der Waals surface area contributed by atoms with Crippen LogP contribution in [0.15, 0.2) is 24.3 Å². The number of para-hydroxylation sites is 1. The number of sulfone groups is 1. The molecular weight excluding hydrogens is 286 g/mol. The molecule has 0 saturated carbocycles. The first-order valence-corrected chi connectivity index (χ1v) is 9.25. The van der Waals surface area contributed by atoms with Gasteiger partial charge >= 0.3 is 0 Å². The molecule has 1 N–H and O–H groups in total. The monoisotopic (exact) mass is 309 g/mol. The van der Waals surface area contributed by atoms with Crippen molar-refractivity contribution in [2.45, 2.75) is 33.4 Å². The fourth-order valence-corrected chi connectivity index (χ4v) is 3.18.